The van der Waals surface area contributed by atoms with Crippen LogP contribution in [0.2, 0.25) is 0 Å². The topological polar surface area (TPSA) is 25.2 Å². The summed E-state index contributed by atoms with van der Waals surface area (Å²) in [7, 11) is 1.75. The van der Waals surface area contributed by atoms with Crippen molar-refractivity contribution >= 4 is 5.91 Å². The summed E-state index contributed by atoms with van der Waals surface area (Å²) in [5.74, 6) is -0.225. The lowest BCUT2D eigenvalue weighted by Crippen LogP contribution is -2.34. The number of aryl methyl sites for hydroxylation is 1. The molecule has 0 spiro atoms. The summed E-state index contributed by atoms with van der Waals surface area (Å²) in [6.07, 6.45) is -0.990. The number of nitrogens with zero attached hydrogens (tertiary/aromatic N) is 2. The summed E-state index contributed by atoms with van der Waals surface area (Å²) in [5.41, 5.74) is -0.0545. The van der Waals surface area contributed by atoms with Gasteiger partial charge in [-0.05, 0) is 36.6 Å². The Labute approximate surface area is 132 Å². The van der Waals surface area contributed by atoms with Gasteiger partial charge < -0.3 is 9.47 Å². The number of amides is 1. The van der Waals surface area contributed by atoms with Crippen molar-refractivity contribution in [1.29, 1.82) is 0 Å². The maximum absolute atomic E-state index is 13.1. The Bertz CT molecular complexity index is 717. The average Bonchev–Trinajstić information content (AvgIpc) is 3.25. The van der Waals surface area contributed by atoms with E-state index in [2.05, 4.69) is 0 Å². The first-order valence-corrected chi connectivity index (χ1v) is 7.45. The molecule has 1 fully saturated rings. The smallest absolute Gasteiger partial charge is 0.347 e. The third-order valence-electron chi connectivity index (χ3n) is 4.07. The van der Waals surface area contributed by atoms with Gasteiger partial charge in [0.1, 0.15) is 5.69 Å². The second-order valence-electron chi connectivity index (χ2n) is 5.82. The minimum absolute atomic E-state index is 0.0234. The molecule has 1 aromatic heterocycles. The van der Waals surface area contributed by atoms with E-state index in [9.17, 15) is 18.0 Å². The Morgan fingerprint density at radius 1 is 1.22 bits per heavy atom. The van der Waals surface area contributed by atoms with Gasteiger partial charge in [0.15, 0.2) is 0 Å². The van der Waals surface area contributed by atoms with Crippen LogP contribution in [0, 0.1) is 0 Å². The summed E-state index contributed by atoms with van der Waals surface area (Å²) < 4.78 is 41.1. The Kier molecular flexibility index (Phi) is 3.92. The number of rotatable bonds is 4. The monoisotopic (exact) mass is 322 g/mol. The van der Waals surface area contributed by atoms with E-state index in [1.165, 1.54) is 12.1 Å². The van der Waals surface area contributed by atoms with E-state index in [0.29, 0.717) is 5.69 Å². The molecule has 0 atom stereocenters. The third-order valence-corrected chi connectivity index (χ3v) is 4.07. The van der Waals surface area contributed by atoms with E-state index in [-0.39, 0.29) is 24.1 Å². The van der Waals surface area contributed by atoms with Crippen LogP contribution in [-0.4, -0.2) is 21.4 Å². The fourth-order valence-electron chi connectivity index (χ4n) is 2.70. The third kappa shape index (κ3) is 3.25. The first kappa shape index (κ1) is 15.6. The molecule has 0 bridgehead atoms. The predicted molar refractivity (Wildman–Crippen MR) is 79.8 cm³/mol. The van der Waals surface area contributed by atoms with Crippen molar-refractivity contribution in [2.24, 2.45) is 7.05 Å². The zero-order valence-electron chi connectivity index (χ0n) is 12.7. The van der Waals surface area contributed by atoms with E-state index < -0.39 is 11.7 Å². The molecule has 0 saturated heterocycles. The molecule has 3 nitrogen and oxygen atoms in total. The van der Waals surface area contributed by atoms with Gasteiger partial charge in [0.2, 0.25) is 0 Å². The first-order chi connectivity index (χ1) is 10.9. The number of hydrogen-bond acceptors (Lipinski definition) is 1. The van der Waals surface area contributed by atoms with E-state index in [0.717, 1.165) is 18.9 Å². The van der Waals surface area contributed by atoms with Crippen LogP contribution in [0.25, 0.3) is 0 Å². The number of hydrogen-bond donors (Lipinski definition) is 0. The molecule has 23 heavy (non-hydrogen) atoms. The lowest BCUT2D eigenvalue weighted by Gasteiger charge is -2.24. The van der Waals surface area contributed by atoms with Crippen molar-refractivity contribution in [1.82, 2.24) is 9.47 Å². The number of carbonyl (C=O) groups excluding carboxylic acids is 1. The molecule has 3 rings (SSSR count). The maximum Gasteiger partial charge on any atom is 0.416 e. The van der Waals surface area contributed by atoms with Gasteiger partial charge in [-0.1, -0.05) is 18.2 Å². The molecule has 0 radical (unpaired) electrons. The highest BCUT2D eigenvalue weighted by molar-refractivity contribution is 5.93. The molecule has 1 saturated carbocycles. The molecule has 1 aliphatic rings. The minimum atomic E-state index is -4.42. The lowest BCUT2D eigenvalue weighted by atomic mass is 10.1. The van der Waals surface area contributed by atoms with Gasteiger partial charge in [-0.15, -0.1) is 0 Å². The normalized spacial score (nSPS) is 14.8. The van der Waals surface area contributed by atoms with Crippen molar-refractivity contribution < 1.29 is 18.0 Å². The maximum atomic E-state index is 13.1. The average molecular weight is 322 g/mol. The van der Waals surface area contributed by atoms with Crippen LogP contribution in [0.4, 0.5) is 13.2 Å². The Hall–Kier alpha value is -2.24. The number of halogens is 3. The summed E-state index contributed by atoms with van der Waals surface area (Å²) in [6, 6.07) is 8.91. The van der Waals surface area contributed by atoms with Gasteiger partial charge >= 0.3 is 6.18 Å². The van der Waals surface area contributed by atoms with Gasteiger partial charge in [-0.2, -0.15) is 13.2 Å². The van der Waals surface area contributed by atoms with Crippen LogP contribution in [0.3, 0.4) is 0 Å². The largest absolute Gasteiger partial charge is 0.416 e. The molecule has 1 aliphatic carbocycles. The van der Waals surface area contributed by atoms with Crippen LogP contribution in [-0.2, 0) is 19.8 Å². The van der Waals surface area contributed by atoms with Crippen molar-refractivity contribution in [3.8, 4) is 0 Å². The highest BCUT2D eigenvalue weighted by atomic mass is 19.4. The van der Waals surface area contributed by atoms with Gasteiger partial charge in [0.05, 0.1) is 5.56 Å². The molecule has 2 aromatic rings. The summed E-state index contributed by atoms with van der Waals surface area (Å²) in [6.45, 7) is -0.0234. The molecular formula is C17H17F3N2O. The zero-order chi connectivity index (χ0) is 16.6. The number of benzene rings is 1. The minimum Gasteiger partial charge on any atom is -0.347 e. The van der Waals surface area contributed by atoms with Crippen LogP contribution >= 0.6 is 0 Å². The standard InChI is InChI=1S/C17H17F3N2O/c1-21-10-4-7-15(21)16(23)22(13-8-9-13)11-12-5-2-3-6-14(12)17(18,19)20/h2-7,10,13H,8-9,11H2,1H3. The van der Waals surface area contributed by atoms with Crippen LogP contribution in [0.1, 0.15) is 34.5 Å². The molecule has 1 heterocycles. The Balaban J connectivity index is 1.90. The number of alkyl halides is 3. The van der Waals surface area contributed by atoms with Crippen molar-refractivity contribution in [2.45, 2.75) is 31.6 Å². The highest BCUT2D eigenvalue weighted by Crippen LogP contribution is 2.35. The fraction of sp³-hybridized carbons (Fsp3) is 0.353. The van der Waals surface area contributed by atoms with Crippen LogP contribution < -0.4 is 0 Å². The Morgan fingerprint density at radius 2 is 1.91 bits per heavy atom. The van der Waals surface area contributed by atoms with E-state index in [1.54, 1.807) is 40.9 Å². The number of carbonyl (C=O) groups is 1. The fourth-order valence-corrected chi connectivity index (χ4v) is 2.70. The van der Waals surface area contributed by atoms with Crippen molar-refractivity contribution in [3.63, 3.8) is 0 Å². The quantitative estimate of drug-likeness (QED) is 0.839. The second kappa shape index (κ2) is 5.76. The highest BCUT2D eigenvalue weighted by Gasteiger charge is 2.37. The van der Waals surface area contributed by atoms with Crippen LogP contribution in [0.5, 0.6) is 0 Å². The molecule has 1 amide bonds. The molecule has 6 heteroatoms. The van der Waals surface area contributed by atoms with E-state index >= 15 is 0 Å². The molecular weight excluding hydrogens is 305 g/mol. The summed E-state index contributed by atoms with van der Waals surface area (Å²) in [5, 5.41) is 0. The number of aromatic nitrogens is 1. The molecule has 0 unspecified atom stereocenters. The van der Waals surface area contributed by atoms with Crippen molar-refractivity contribution in [2.75, 3.05) is 0 Å². The van der Waals surface area contributed by atoms with Crippen molar-refractivity contribution in [3.05, 3.63) is 59.4 Å². The van der Waals surface area contributed by atoms with Gasteiger partial charge in [0, 0.05) is 25.8 Å². The molecule has 0 aliphatic heterocycles. The lowest BCUT2D eigenvalue weighted by molar-refractivity contribution is -0.138. The molecule has 1 aromatic carbocycles. The summed E-state index contributed by atoms with van der Waals surface area (Å²) >= 11 is 0. The Morgan fingerprint density at radius 3 is 2.48 bits per heavy atom. The molecule has 122 valence electrons. The SMILES string of the molecule is Cn1cccc1C(=O)N(Cc1ccccc1C(F)(F)F)C1CC1. The second-order valence-corrected chi connectivity index (χ2v) is 5.82. The first-order valence-electron chi connectivity index (χ1n) is 7.45. The molecule has 0 N–H and O–H groups in total. The van der Waals surface area contributed by atoms with E-state index in [4.69, 9.17) is 0 Å². The van der Waals surface area contributed by atoms with Gasteiger partial charge in [0.25, 0.3) is 5.91 Å². The van der Waals surface area contributed by atoms with Gasteiger partial charge in [-0.25, -0.2) is 0 Å². The zero-order valence-corrected chi connectivity index (χ0v) is 12.7. The van der Waals surface area contributed by atoms with E-state index in [1.807, 2.05) is 0 Å². The van der Waals surface area contributed by atoms with Gasteiger partial charge in [-0.3, -0.25) is 4.79 Å². The predicted octanol–water partition coefficient (Wildman–Crippen LogP) is 3.85. The summed E-state index contributed by atoms with van der Waals surface area (Å²) in [4.78, 5) is 14.3. The van der Waals surface area contributed by atoms with Crippen LogP contribution in [0.15, 0.2) is 42.6 Å².